The van der Waals surface area contributed by atoms with Gasteiger partial charge in [0, 0.05) is 19.5 Å². The second-order valence-electron chi connectivity index (χ2n) is 2.33. The number of hydrogen-bond acceptors (Lipinski definition) is 0. The third-order valence-electron chi connectivity index (χ3n) is 1.78. The molecule has 0 aromatic heterocycles. The minimum absolute atomic E-state index is 0. The first-order valence-corrected chi connectivity index (χ1v) is 2.82. The van der Waals surface area contributed by atoms with Crippen molar-refractivity contribution in [2.75, 3.05) is 0 Å². The van der Waals surface area contributed by atoms with Gasteiger partial charge in [-0.15, -0.1) is 0 Å². The summed E-state index contributed by atoms with van der Waals surface area (Å²) in [6.07, 6.45) is 8.54. The van der Waals surface area contributed by atoms with E-state index >= 15 is 0 Å². The summed E-state index contributed by atoms with van der Waals surface area (Å²) in [4.78, 5) is 0. The van der Waals surface area contributed by atoms with Crippen LogP contribution in [-0.4, -0.2) is 0 Å². The zero-order valence-electron chi connectivity index (χ0n) is 4.61. The van der Waals surface area contributed by atoms with Crippen molar-refractivity contribution in [3.8, 4) is 0 Å². The molecule has 0 atom stereocenters. The number of rotatable bonds is 0. The van der Waals surface area contributed by atoms with E-state index in [0.717, 1.165) is 0 Å². The quantitative estimate of drug-likeness (QED) is 0.519. The maximum atomic E-state index is 2.26. The van der Waals surface area contributed by atoms with E-state index in [9.17, 15) is 0 Å². The molecule has 1 saturated carbocycles. The van der Waals surface area contributed by atoms with Gasteiger partial charge in [-0.2, -0.15) is 0 Å². The first kappa shape index (κ1) is 6.23. The van der Waals surface area contributed by atoms with E-state index < -0.39 is 0 Å². The van der Waals surface area contributed by atoms with Gasteiger partial charge >= 0.3 is 0 Å². The molecule has 2 aliphatic carbocycles. The Bertz CT molecular complexity index is 136. The molecule has 0 saturated heterocycles. The van der Waals surface area contributed by atoms with E-state index in [1.807, 2.05) is 0 Å². The zero-order valence-corrected chi connectivity index (χ0v) is 6.25. The Morgan fingerprint density at radius 1 is 1.00 bits per heavy atom. The Labute approximate surface area is 62.4 Å². The maximum absolute atomic E-state index is 2.26. The summed E-state index contributed by atoms with van der Waals surface area (Å²) in [5, 5.41) is 0. The predicted molar refractivity (Wildman–Crippen MR) is 30.0 cm³/mol. The fraction of sp³-hybridized carbons (Fsp3) is 0.429. The zero-order chi connectivity index (χ0) is 4.69. The number of fused-ring (bicyclic) bond motifs is 2. The third kappa shape index (κ3) is 0.799. The van der Waals surface area contributed by atoms with Gasteiger partial charge in [0.1, 0.15) is 0 Å². The third-order valence-corrected chi connectivity index (χ3v) is 1.78. The molecule has 1 fully saturated rings. The van der Waals surface area contributed by atoms with Crippen LogP contribution in [0, 0.1) is 0 Å². The molecule has 8 heavy (non-hydrogen) atoms. The Morgan fingerprint density at radius 2 is 1.50 bits per heavy atom. The van der Waals surface area contributed by atoms with Crippen LogP contribution in [0.4, 0.5) is 0 Å². The summed E-state index contributed by atoms with van der Waals surface area (Å²) in [6.45, 7) is 0. The smallest absolute Gasteiger partial charge is 0 e. The minimum atomic E-state index is 0. The molecule has 0 spiro atoms. The first-order chi connectivity index (χ1) is 3.45. The first-order valence-electron chi connectivity index (χ1n) is 2.82. The molecular formula is C7H8Rh. The summed E-state index contributed by atoms with van der Waals surface area (Å²) in [7, 11) is 0. The maximum Gasteiger partial charge on any atom is 0 e. The van der Waals surface area contributed by atoms with E-state index in [4.69, 9.17) is 0 Å². The van der Waals surface area contributed by atoms with Gasteiger partial charge in [0.15, 0.2) is 0 Å². The van der Waals surface area contributed by atoms with Gasteiger partial charge in [0.25, 0.3) is 0 Å². The molecule has 0 aromatic rings. The molecule has 0 aromatic carbocycles. The van der Waals surface area contributed by atoms with Gasteiger partial charge < -0.3 is 0 Å². The Hall–Kier alpha value is 0.103. The molecule has 0 amide bonds. The van der Waals surface area contributed by atoms with Gasteiger partial charge in [-0.05, 0) is 19.3 Å². The van der Waals surface area contributed by atoms with Crippen molar-refractivity contribution in [1.82, 2.24) is 0 Å². The van der Waals surface area contributed by atoms with Crippen LogP contribution in [0.2, 0.25) is 0 Å². The molecule has 0 aliphatic heterocycles. The van der Waals surface area contributed by atoms with Crippen LogP contribution in [0.3, 0.4) is 0 Å². The summed E-state index contributed by atoms with van der Waals surface area (Å²) >= 11 is 0. The van der Waals surface area contributed by atoms with Crippen molar-refractivity contribution in [1.29, 1.82) is 0 Å². The van der Waals surface area contributed by atoms with Gasteiger partial charge in [-0.1, -0.05) is 23.3 Å². The standard InChI is InChI=1S/C7H8.Rh/c1-2-7-4-3-6(1)5-7;/h1-2H,3-5H2;. The van der Waals surface area contributed by atoms with Crippen molar-refractivity contribution in [2.24, 2.45) is 0 Å². The van der Waals surface area contributed by atoms with E-state index in [0.29, 0.717) is 0 Å². The van der Waals surface area contributed by atoms with Crippen LogP contribution >= 0.6 is 0 Å². The topological polar surface area (TPSA) is 0 Å². The SMILES string of the molecule is C1=C2CCC(=C1)C2.[Rh]. The van der Waals surface area contributed by atoms with Crippen molar-refractivity contribution in [2.45, 2.75) is 19.3 Å². The van der Waals surface area contributed by atoms with Crippen molar-refractivity contribution < 1.29 is 19.5 Å². The average molecular weight is 195 g/mol. The minimum Gasteiger partial charge on any atom is -0.0658 e. The Morgan fingerprint density at radius 3 is 1.62 bits per heavy atom. The largest absolute Gasteiger partial charge is 0.0658 e. The summed E-state index contributed by atoms with van der Waals surface area (Å²) in [5.41, 5.74) is 3.30. The van der Waals surface area contributed by atoms with Crippen molar-refractivity contribution >= 4 is 0 Å². The fourth-order valence-electron chi connectivity index (χ4n) is 1.31. The van der Waals surface area contributed by atoms with Crippen LogP contribution in [0.25, 0.3) is 0 Å². The van der Waals surface area contributed by atoms with Crippen LogP contribution in [0.15, 0.2) is 23.3 Å². The Kier molecular flexibility index (Phi) is 1.67. The van der Waals surface area contributed by atoms with Crippen molar-refractivity contribution in [3.63, 3.8) is 0 Å². The summed E-state index contributed by atoms with van der Waals surface area (Å²) in [5.74, 6) is 0. The molecular weight excluding hydrogens is 187 g/mol. The van der Waals surface area contributed by atoms with Crippen molar-refractivity contribution in [3.05, 3.63) is 23.3 Å². The second kappa shape index (κ2) is 2.15. The Balaban J connectivity index is 0.000000320. The average Bonchev–Trinajstić information content (AvgIpc) is 2.22. The van der Waals surface area contributed by atoms with Gasteiger partial charge in [-0.25, -0.2) is 0 Å². The van der Waals surface area contributed by atoms with Crippen LogP contribution < -0.4 is 0 Å². The molecule has 2 rings (SSSR count). The van der Waals surface area contributed by atoms with Crippen LogP contribution in [0.5, 0.6) is 0 Å². The van der Waals surface area contributed by atoms with E-state index in [1.54, 1.807) is 11.1 Å². The molecule has 1 radical (unpaired) electrons. The molecule has 0 heterocycles. The number of allylic oxidation sites excluding steroid dienone is 4. The van der Waals surface area contributed by atoms with Crippen LogP contribution in [0.1, 0.15) is 19.3 Å². The molecule has 0 unspecified atom stereocenters. The predicted octanol–water partition coefficient (Wildman–Crippen LogP) is 2.03. The van der Waals surface area contributed by atoms with Gasteiger partial charge in [0.2, 0.25) is 0 Å². The molecule has 2 aliphatic rings. The molecule has 0 N–H and O–H groups in total. The number of hydrogen-bond donors (Lipinski definition) is 0. The van der Waals surface area contributed by atoms with Crippen LogP contribution in [-0.2, 0) is 19.5 Å². The van der Waals surface area contributed by atoms with E-state index in [-0.39, 0.29) is 19.5 Å². The molecule has 2 bridgehead atoms. The normalized spacial score (nSPS) is 22.0. The monoisotopic (exact) mass is 195 g/mol. The summed E-state index contributed by atoms with van der Waals surface area (Å²) < 4.78 is 0. The molecule has 45 valence electrons. The van der Waals surface area contributed by atoms with E-state index in [1.165, 1.54) is 19.3 Å². The van der Waals surface area contributed by atoms with Gasteiger partial charge in [-0.3, -0.25) is 0 Å². The second-order valence-corrected chi connectivity index (χ2v) is 2.33. The summed E-state index contributed by atoms with van der Waals surface area (Å²) in [6, 6.07) is 0. The molecule has 1 heteroatoms. The van der Waals surface area contributed by atoms with E-state index in [2.05, 4.69) is 12.2 Å². The van der Waals surface area contributed by atoms with Gasteiger partial charge in [0.05, 0.1) is 0 Å². The molecule has 0 nitrogen and oxygen atoms in total. The fourth-order valence-corrected chi connectivity index (χ4v) is 1.31.